The molecular weight excluding hydrogens is 315 g/mol. The number of hydrogen-bond donors (Lipinski definition) is 1. The predicted octanol–water partition coefficient (Wildman–Crippen LogP) is 1.61. The standard InChI is InChI=1S/C12H15IN2O/c13-11-3-1-10(2-4-11)9-15-7-5-12(16)14-6-8-15/h1-4H,5-9H2,(H,14,16). The van der Waals surface area contributed by atoms with Gasteiger partial charge in [-0.1, -0.05) is 12.1 Å². The smallest absolute Gasteiger partial charge is 0.221 e. The summed E-state index contributed by atoms with van der Waals surface area (Å²) in [6.07, 6.45) is 0.615. The highest BCUT2D eigenvalue weighted by atomic mass is 127. The molecule has 1 saturated heterocycles. The van der Waals surface area contributed by atoms with E-state index in [0.29, 0.717) is 6.42 Å². The van der Waals surface area contributed by atoms with E-state index in [4.69, 9.17) is 0 Å². The molecule has 4 heteroatoms. The Morgan fingerprint density at radius 1 is 1.25 bits per heavy atom. The summed E-state index contributed by atoms with van der Waals surface area (Å²) in [5, 5.41) is 2.89. The van der Waals surface area contributed by atoms with Crippen molar-refractivity contribution < 1.29 is 4.79 Å². The summed E-state index contributed by atoms with van der Waals surface area (Å²) in [6, 6.07) is 8.55. The Morgan fingerprint density at radius 3 is 2.75 bits per heavy atom. The molecule has 1 N–H and O–H groups in total. The molecule has 0 unspecified atom stereocenters. The van der Waals surface area contributed by atoms with Gasteiger partial charge >= 0.3 is 0 Å². The van der Waals surface area contributed by atoms with E-state index >= 15 is 0 Å². The SMILES string of the molecule is O=C1CCN(Cc2ccc(I)cc2)CCN1. The van der Waals surface area contributed by atoms with Crippen molar-refractivity contribution in [2.75, 3.05) is 19.6 Å². The highest BCUT2D eigenvalue weighted by molar-refractivity contribution is 14.1. The Balaban J connectivity index is 1.93. The third-order valence-corrected chi connectivity index (χ3v) is 3.44. The molecule has 1 fully saturated rings. The first-order valence-corrected chi connectivity index (χ1v) is 6.55. The van der Waals surface area contributed by atoms with Crippen LogP contribution >= 0.6 is 22.6 Å². The molecule has 1 aliphatic rings. The minimum atomic E-state index is 0.171. The van der Waals surface area contributed by atoms with E-state index in [-0.39, 0.29) is 5.91 Å². The molecule has 1 amide bonds. The molecule has 16 heavy (non-hydrogen) atoms. The first kappa shape index (κ1) is 11.9. The van der Waals surface area contributed by atoms with Crippen LogP contribution in [-0.4, -0.2) is 30.4 Å². The van der Waals surface area contributed by atoms with Gasteiger partial charge in [-0.25, -0.2) is 0 Å². The minimum absolute atomic E-state index is 0.171. The fourth-order valence-corrected chi connectivity index (χ4v) is 2.18. The zero-order valence-electron chi connectivity index (χ0n) is 9.08. The van der Waals surface area contributed by atoms with E-state index < -0.39 is 0 Å². The fraction of sp³-hybridized carbons (Fsp3) is 0.417. The summed E-state index contributed by atoms with van der Waals surface area (Å²) in [7, 11) is 0. The van der Waals surface area contributed by atoms with Gasteiger partial charge in [-0.3, -0.25) is 9.69 Å². The number of hydrogen-bond acceptors (Lipinski definition) is 2. The van der Waals surface area contributed by atoms with Crippen molar-refractivity contribution in [1.29, 1.82) is 0 Å². The van der Waals surface area contributed by atoms with Crippen LogP contribution in [0.25, 0.3) is 0 Å². The number of rotatable bonds is 2. The summed E-state index contributed by atoms with van der Waals surface area (Å²) in [5.41, 5.74) is 1.31. The molecule has 1 aliphatic heterocycles. The molecule has 0 aliphatic carbocycles. The molecule has 0 radical (unpaired) electrons. The molecule has 0 aromatic heterocycles. The normalized spacial score (nSPS) is 17.9. The first-order chi connectivity index (χ1) is 7.74. The van der Waals surface area contributed by atoms with Crippen molar-refractivity contribution in [2.24, 2.45) is 0 Å². The molecule has 0 atom stereocenters. The molecule has 0 bridgehead atoms. The van der Waals surface area contributed by atoms with Gasteiger partial charge in [0.2, 0.25) is 5.91 Å². The number of halogens is 1. The number of carbonyl (C=O) groups excluding carboxylic acids is 1. The van der Waals surface area contributed by atoms with Gasteiger partial charge in [0.1, 0.15) is 0 Å². The fourth-order valence-electron chi connectivity index (χ4n) is 1.82. The van der Waals surface area contributed by atoms with E-state index in [1.165, 1.54) is 9.13 Å². The van der Waals surface area contributed by atoms with Crippen LogP contribution in [0.4, 0.5) is 0 Å². The number of nitrogens with zero attached hydrogens (tertiary/aromatic N) is 1. The quantitative estimate of drug-likeness (QED) is 0.836. The molecule has 1 heterocycles. The molecular formula is C12H15IN2O. The third-order valence-electron chi connectivity index (χ3n) is 2.72. The summed E-state index contributed by atoms with van der Waals surface area (Å²) in [6.45, 7) is 3.50. The maximum Gasteiger partial charge on any atom is 0.221 e. The van der Waals surface area contributed by atoms with Crippen molar-refractivity contribution in [3.8, 4) is 0 Å². The zero-order chi connectivity index (χ0) is 11.4. The Bertz CT molecular complexity index is 364. The molecule has 1 aromatic carbocycles. The predicted molar refractivity (Wildman–Crippen MR) is 72.1 cm³/mol. The van der Waals surface area contributed by atoms with Crippen LogP contribution in [0.2, 0.25) is 0 Å². The van der Waals surface area contributed by atoms with Gasteiger partial charge in [0.05, 0.1) is 0 Å². The van der Waals surface area contributed by atoms with E-state index in [0.717, 1.165) is 26.2 Å². The molecule has 1 aromatic rings. The molecule has 86 valence electrons. The lowest BCUT2D eigenvalue weighted by molar-refractivity contribution is -0.120. The summed E-state index contributed by atoms with van der Waals surface area (Å²) < 4.78 is 1.26. The van der Waals surface area contributed by atoms with Crippen LogP contribution in [0.1, 0.15) is 12.0 Å². The highest BCUT2D eigenvalue weighted by Crippen LogP contribution is 2.10. The third kappa shape index (κ3) is 3.45. The number of carbonyl (C=O) groups is 1. The van der Waals surface area contributed by atoms with Gasteiger partial charge in [-0.2, -0.15) is 0 Å². The zero-order valence-corrected chi connectivity index (χ0v) is 11.2. The maximum atomic E-state index is 11.2. The van der Waals surface area contributed by atoms with Crippen LogP contribution in [0, 0.1) is 3.57 Å². The van der Waals surface area contributed by atoms with Crippen LogP contribution in [0.5, 0.6) is 0 Å². The lowest BCUT2D eigenvalue weighted by atomic mass is 10.2. The average Bonchev–Trinajstić information content (AvgIpc) is 2.47. The van der Waals surface area contributed by atoms with Gasteiger partial charge in [0, 0.05) is 36.2 Å². The van der Waals surface area contributed by atoms with Gasteiger partial charge < -0.3 is 5.32 Å². The van der Waals surface area contributed by atoms with Crippen LogP contribution in [0.15, 0.2) is 24.3 Å². The van der Waals surface area contributed by atoms with Gasteiger partial charge in [-0.15, -0.1) is 0 Å². The Kier molecular flexibility index (Phi) is 4.17. The molecule has 0 spiro atoms. The van der Waals surface area contributed by atoms with Crippen LogP contribution < -0.4 is 5.32 Å². The number of nitrogens with one attached hydrogen (secondary N) is 1. The highest BCUT2D eigenvalue weighted by Gasteiger charge is 2.13. The Labute approximate surface area is 109 Å². The first-order valence-electron chi connectivity index (χ1n) is 5.47. The van der Waals surface area contributed by atoms with Crippen molar-refractivity contribution >= 4 is 28.5 Å². The minimum Gasteiger partial charge on any atom is -0.355 e. The van der Waals surface area contributed by atoms with Gasteiger partial charge in [0.25, 0.3) is 0 Å². The van der Waals surface area contributed by atoms with Crippen molar-refractivity contribution in [2.45, 2.75) is 13.0 Å². The largest absolute Gasteiger partial charge is 0.355 e. The Morgan fingerprint density at radius 2 is 2.00 bits per heavy atom. The number of benzene rings is 1. The van der Waals surface area contributed by atoms with Gasteiger partial charge in [0.15, 0.2) is 0 Å². The van der Waals surface area contributed by atoms with E-state index in [1.807, 2.05) is 0 Å². The monoisotopic (exact) mass is 330 g/mol. The summed E-state index contributed by atoms with van der Waals surface area (Å²) in [5.74, 6) is 0.171. The van der Waals surface area contributed by atoms with E-state index in [1.54, 1.807) is 0 Å². The van der Waals surface area contributed by atoms with Crippen molar-refractivity contribution in [1.82, 2.24) is 10.2 Å². The second kappa shape index (κ2) is 5.63. The van der Waals surface area contributed by atoms with Crippen LogP contribution in [-0.2, 0) is 11.3 Å². The maximum absolute atomic E-state index is 11.2. The second-order valence-electron chi connectivity index (χ2n) is 4.00. The Hall–Kier alpha value is -0.620. The average molecular weight is 330 g/mol. The van der Waals surface area contributed by atoms with Gasteiger partial charge in [-0.05, 0) is 40.3 Å². The molecule has 2 rings (SSSR count). The lowest BCUT2D eigenvalue weighted by Gasteiger charge is -2.18. The molecule has 0 saturated carbocycles. The topological polar surface area (TPSA) is 32.3 Å². The summed E-state index contributed by atoms with van der Waals surface area (Å²) >= 11 is 2.31. The second-order valence-corrected chi connectivity index (χ2v) is 5.25. The lowest BCUT2D eigenvalue weighted by Crippen LogP contribution is -2.28. The molecule has 3 nitrogen and oxygen atoms in total. The van der Waals surface area contributed by atoms with E-state index in [9.17, 15) is 4.79 Å². The van der Waals surface area contributed by atoms with E-state index in [2.05, 4.69) is 57.1 Å². The summed E-state index contributed by atoms with van der Waals surface area (Å²) in [4.78, 5) is 13.5. The van der Waals surface area contributed by atoms with Crippen molar-refractivity contribution in [3.05, 3.63) is 33.4 Å². The van der Waals surface area contributed by atoms with Crippen molar-refractivity contribution in [3.63, 3.8) is 0 Å². The van der Waals surface area contributed by atoms with Crippen LogP contribution in [0.3, 0.4) is 0 Å². The number of amides is 1.